The number of thiophene rings is 1. The van der Waals surface area contributed by atoms with E-state index in [-0.39, 0.29) is 11.6 Å². The number of aliphatic hydroxyl groups is 1. The summed E-state index contributed by atoms with van der Waals surface area (Å²) in [5, 5.41) is 27.1. The summed E-state index contributed by atoms with van der Waals surface area (Å²) in [6, 6.07) is 5.14. The van der Waals surface area contributed by atoms with E-state index in [9.17, 15) is 9.90 Å². The predicted octanol–water partition coefficient (Wildman–Crippen LogP) is 1.43. The Labute approximate surface area is 120 Å². The standard InChI is InChI=1S/C13H16N4O2S/c1-2-14-13(19)10-3-4-12(17-16-10)15-7-11(18)9-5-6-20-8-9/h3-6,8,11,18H,2,7H2,1H3,(H,14,19)(H,15,17). The van der Waals surface area contributed by atoms with Crippen molar-refractivity contribution in [3.8, 4) is 0 Å². The first-order chi connectivity index (χ1) is 9.70. The molecule has 0 radical (unpaired) electrons. The number of aliphatic hydroxyl groups excluding tert-OH is 1. The van der Waals surface area contributed by atoms with E-state index >= 15 is 0 Å². The highest BCUT2D eigenvalue weighted by Crippen LogP contribution is 2.16. The van der Waals surface area contributed by atoms with Crippen molar-refractivity contribution in [2.24, 2.45) is 0 Å². The molecule has 1 unspecified atom stereocenters. The van der Waals surface area contributed by atoms with Gasteiger partial charge in [0.25, 0.3) is 5.91 Å². The molecule has 0 fully saturated rings. The van der Waals surface area contributed by atoms with Crippen LogP contribution in [0.25, 0.3) is 0 Å². The number of anilines is 1. The maximum absolute atomic E-state index is 11.5. The Hall–Kier alpha value is -1.99. The van der Waals surface area contributed by atoms with E-state index in [0.29, 0.717) is 18.9 Å². The third-order valence-corrected chi connectivity index (χ3v) is 3.34. The Bertz CT molecular complexity index is 542. The lowest BCUT2D eigenvalue weighted by atomic mass is 10.2. The minimum Gasteiger partial charge on any atom is -0.387 e. The normalized spacial score (nSPS) is 11.9. The summed E-state index contributed by atoms with van der Waals surface area (Å²) < 4.78 is 0. The molecule has 2 rings (SSSR count). The molecule has 1 amide bonds. The Kier molecular flexibility index (Phi) is 5.03. The molecule has 0 aromatic carbocycles. The summed E-state index contributed by atoms with van der Waals surface area (Å²) in [6.07, 6.45) is -0.592. The van der Waals surface area contributed by atoms with Gasteiger partial charge in [-0.25, -0.2) is 0 Å². The average Bonchev–Trinajstić information content (AvgIpc) is 3.00. The van der Waals surface area contributed by atoms with E-state index in [1.54, 1.807) is 12.1 Å². The van der Waals surface area contributed by atoms with Gasteiger partial charge in [-0.3, -0.25) is 4.79 Å². The van der Waals surface area contributed by atoms with Gasteiger partial charge in [0.15, 0.2) is 5.69 Å². The maximum atomic E-state index is 11.5. The molecular formula is C13H16N4O2S. The van der Waals surface area contributed by atoms with Gasteiger partial charge >= 0.3 is 0 Å². The molecule has 0 saturated heterocycles. The highest BCUT2D eigenvalue weighted by molar-refractivity contribution is 7.07. The van der Waals surface area contributed by atoms with Gasteiger partial charge in [-0.15, -0.1) is 10.2 Å². The molecule has 2 aromatic rings. The molecule has 6 nitrogen and oxygen atoms in total. The SMILES string of the molecule is CCNC(=O)c1ccc(NCC(O)c2ccsc2)nn1. The molecule has 7 heteroatoms. The van der Waals surface area contributed by atoms with E-state index in [4.69, 9.17) is 0 Å². The van der Waals surface area contributed by atoms with Gasteiger partial charge in [0.2, 0.25) is 0 Å². The van der Waals surface area contributed by atoms with Crippen LogP contribution in [-0.2, 0) is 0 Å². The van der Waals surface area contributed by atoms with Gasteiger partial charge in [-0.1, -0.05) is 0 Å². The van der Waals surface area contributed by atoms with E-state index in [0.717, 1.165) is 5.56 Å². The molecule has 1 atom stereocenters. The van der Waals surface area contributed by atoms with E-state index in [1.807, 2.05) is 23.8 Å². The predicted molar refractivity (Wildman–Crippen MR) is 77.8 cm³/mol. The topological polar surface area (TPSA) is 87.1 Å². The second-order valence-electron chi connectivity index (χ2n) is 4.12. The zero-order chi connectivity index (χ0) is 14.4. The van der Waals surface area contributed by atoms with Crippen LogP contribution in [0.3, 0.4) is 0 Å². The summed E-state index contributed by atoms with van der Waals surface area (Å²) >= 11 is 1.54. The number of rotatable bonds is 6. The van der Waals surface area contributed by atoms with Gasteiger partial charge in [-0.2, -0.15) is 11.3 Å². The minimum absolute atomic E-state index is 0.246. The molecule has 0 aliphatic heterocycles. The molecule has 3 N–H and O–H groups in total. The molecule has 0 saturated carbocycles. The summed E-state index contributed by atoms with van der Waals surface area (Å²) in [5.74, 6) is 0.275. The van der Waals surface area contributed by atoms with Crippen molar-refractivity contribution in [3.05, 3.63) is 40.2 Å². The Balaban J connectivity index is 1.89. The van der Waals surface area contributed by atoms with Crippen LogP contribution < -0.4 is 10.6 Å². The highest BCUT2D eigenvalue weighted by atomic mass is 32.1. The minimum atomic E-state index is -0.592. The lowest BCUT2D eigenvalue weighted by Crippen LogP contribution is -2.24. The Morgan fingerprint density at radius 2 is 2.25 bits per heavy atom. The van der Waals surface area contributed by atoms with E-state index in [2.05, 4.69) is 20.8 Å². The summed E-state index contributed by atoms with van der Waals surface area (Å²) in [7, 11) is 0. The Morgan fingerprint density at radius 1 is 1.40 bits per heavy atom. The highest BCUT2D eigenvalue weighted by Gasteiger charge is 2.09. The van der Waals surface area contributed by atoms with Crippen molar-refractivity contribution in [3.63, 3.8) is 0 Å². The van der Waals surface area contributed by atoms with Crippen LogP contribution in [0.15, 0.2) is 29.0 Å². The molecule has 0 aliphatic rings. The van der Waals surface area contributed by atoms with E-state index in [1.165, 1.54) is 11.3 Å². The maximum Gasteiger partial charge on any atom is 0.271 e. The van der Waals surface area contributed by atoms with Crippen LogP contribution in [0.2, 0.25) is 0 Å². The second-order valence-corrected chi connectivity index (χ2v) is 4.90. The fourth-order valence-corrected chi connectivity index (χ4v) is 2.29. The molecule has 0 spiro atoms. The number of carbonyl (C=O) groups is 1. The van der Waals surface area contributed by atoms with Gasteiger partial charge < -0.3 is 15.7 Å². The van der Waals surface area contributed by atoms with Crippen molar-refractivity contribution >= 4 is 23.1 Å². The van der Waals surface area contributed by atoms with Crippen LogP contribution in [0.5, 0.6) is 0 Å². The summed E-state index contributed by atoms with van der Waals surface area (Å²) in [4.78, 5) is 11.5. The summed E-state index contributed by atoms with van der Waals surface area (Å²) in [6.45, 7) is 2.73. The first-order valence-electron chi connectivity index (χ1n) is 6.26. The van der Waals surface area contributed by atoms with Crippen molar-refractivity contribution in [2.75, 3.05) is 18.4 Å². The number of carbonyl (C=O) groups excluding carboxylic acids is 1. The first-order valence-corrected chi connectivity index (χ1v) is 7.21. The van der Waals surface area contributed by atoms with Crippen molar-refractivity contribution in [2.45, 2.75) is 13.0 Å². The number of amides is 1. The largest absolute Gasteiger partial charge is 0.387 e. The summed E-state index contributed by atoms with van der Waals surface area (Å²) in [5.41, 5.74) is 1.14. The van der Waals surface area contributed by atoms with Gasteiger partial charge in [0.1, 0.15) is 5.82 Å². The van der Waals surface area contributed by atoms with Crippen molar-refractivity contribution < 1.29 is 9.90 Å². The lowest BCUT2D eigenvalue weighted by Gasteiger charge is -2.10. The molecule has 2 aromatic heterocycles. The average molecular weight is 292 g/mol. The fraction of sp³-hybridized carbons (Fsp3) is 0.308. The molecule has 2 heterocycles. The quantitative estimate of drug-likeness (QED) is 0.750. The third kappa shape index (κ3) is 3.75. The van der Waals surface area contributed by atoms with E-state index < -0.39 is 6.10 Å². The number of nitrogens with zero attached hydrogens (tertiary/aromatic N) is 2. The zero-order valence-corrected chi connectivity index (χ0v) is 11.9. The number of nitrogens with one attached hydrogen (secondary N) is 2. The van der Waals surface area contributed by atoms with Crippen LogP contribution in [0, 0.1) is 0 Å². The first kappa shape index (κ1) is 14.4. The van der Waals surface area contributed by atoms with Crippen molar-refractivity contribution in [1.29, 1.82) is 0 Å². The fourth-order valence-electron chi connectivity index (χ4n) is 1.58. The smallest absolute Gasteiger partial charge is 0.271 e. The third-order valence-electron chi connectivity index (χ3n) is 2.64. The Morgan fingerprint density at radius 3 is 2.85 bits per heavy atom. The van der Waals surface area contributed by atoms with Crippen molar-refractivity contribution in [1.82, 2.24) is 15.5 Å². The van der Waals surface area contributed by atoms with Crippen LogP contribution in [-0.4, -0.2) is 34.3 Å². The lowest BCUT2D eigenvalue weighted by molar-refractivity contribution is 0.0950. The molecular weight excluding hydrogens is 276 g/mol. The number of aromatic nitrogens is 2. The van der Waals surface area contributed by atoms with Gasteiger partial charge in [0.05, 0.1) is 6.10 Å². The molecule has 0 bridgehead atoms. The van der Waals surface area contributed by atoms with Gasteiger partial charge in [-0.05, 0) is 41.4 Å². The monoisotopic (exact) mass is 292 g/mol. The second kappa shape index (κ2) is 6.97. The molecule has 106 valence electrons. The van der Waals surface area contributed by atoms with Crippen LogP contribution in [0.1, 0.15) is 29.1 Å². The molecule has 20 heavy (non-hydrogen) atoms. The molecule has 0 aliphatic carbocycles. The van der Waals surface area contributed by atoms with Crippen LogP contribution >= 0.6 is 11.3 Å². The zero-order valence-electron chi connectivity index (χ0n) is 11.0. The number of hydrogen-bond donors (Lipinski definition) is 3. The number of hydrogen-bond acceptors (Lipinski definition) is 6. The van der Waals surface area contributed by atoms with Crippen LogP contribution in [0.4, 0.5) is 5.82 Å². The van der Waals surface area contributed by atoms with Gasteiger partial charge in [0, 0.05) is 13.1 Å².